The molecule has 0 saturated heterocycles. The molecule has 0 N–H and O–H groups in total. The first-order valence-electron chi connectivity index (χ1n) is 3.91. The molecule has 1 amide bonds. The first-order chi connectivity index (χ1) is 6.09. The molecule has 0 unspecified atom stereocenters. The van der Waals surface area contributed by atoms with Gasteiger partial charge in [-0.2, -0.15) is 5.10 Å². The standard InChI is InChI=1S/C8H13N3O2/c1-10(2)8(12)6-13-7-4-9-11(3)5-7/h4-5H,6H2,1-3H3. The third-order valence-corrected chi connectivity index (χ3v) is 1.54. The van der Waals surface area contributed by atoms with Gasteiger partial charge in [0.05, 0.1) is 12.4 Å². The van der Waals surface area contributed by atoms with E-state index >= 15 is 0 Å². The normalized spacial score (nSPS) is 9.77. The van der Waals surface area contributed by atoms with Crippen LogP contribution in [0.25, 0.3) is 0 Å². The van der Waals surface area contributed by atoms with Crippen LogP contribution in [0.15, 0.2) is 12.4 Å². The maximum absolute atomic E-state index is 11.1. The van der Waals surface area contributed by atoms with Gasteiger partial charge >= 0.3 is 0 Å². The minimum absolute atomic E-state index is 0.0543. The Morgan fingerprint density at radius 3 is 2.85 bits per heavy atom. The molecule has 5 heteroatoms. The lowest BCUT2D eigenvalue weighted by molar-refractivity contribution is -0.130. The van der Waals surface area contributed by atoms with Gasteiger partial charge in [-0.1, -0.05) is 0 Å². The number of aryl methyl sites for hydroxylation is 1. The summed E-state index contributed by atoms with van der Waals surface area (Å²) in [6.45, 7) is 0.0543. The molecule has 13 heavy (non-hydrogen) atoms. The summed E-state index contributed by atoms with van der Waals surface area (Å²) in [6, 6.07) is 0. The monoisotopic (exact) mass is 183 g/mol. The molecule has 0 fully saturated rings. The number of ether oxygens (including phenoxy) is 1. The first kappa shape index (κ1) is 9.57. The summed E-state index contributed by atoms with van der Waals surface area (Å²) < 4.78 is 6.80. The number of hydrogen-bond donors (Lipinski definition) is 0. The van der Waals surface area contributed by atoms with Crippen molar-refractivity contribution in [2.75, 3.05) is 20.7 Å². The van der Waals surface area contributed by atoms with Crippen molar-refractivity contribution in [1.82, 2.24) is 14.7 Å². The number of hydrogen-bond acceptors (Lipinski definition) is 3. The summed E-state index contributed by atoms with van der Waals surface area (Å²) >= 11 is 0. The lowest BCUT2D eigenvalue weighted by atomic mass is 10.6. The zero-order valence-electron chi connectivity index (χ0n) is 8.02. The lowest BCUT2D eigenvalue weighted by Gasteiger charge is -2.09. The second-order valence-electron chi connectivity index (χ2n) is 2.93. The second kappa shape index (κ2) is 3.93. The predicted octanol–water partition coefficient (Wildman–Crippen LogP) is -0.113. The number of aromatic nitrogens is 2. The van der Waals surface area contributed by atoms with E-state index in [-0.39, 0.29) is 12.5 Å². The van der Waals surface area contributed by atoms with Crippen molar-refractivity contribution in [3.8, 4) is 5.75 Å². The molecule has 5 nitrogen and oxygen atoms in total. The molecule has 0 atom stereocenters. The van der Waals surface area contributed by atoms with Crippen LogP contribution in [0, 0.1) is 0 Å². The van der Waals surface area contributed by atoms with E-state index in [1.165, 1.54) is 4.90 Å². The van der Waals surface area contributed by atoms with Crippen LogP contribution in [0.1, 0.15) is 0 Å². The Morgan fingerprint density at radius 2 is 2.38 bits per heavy atom. The average Bonchev–Trinajstić information content (AvgIpc) is 2.47. The van der Waals surface area contributed by atoms with Crippen molar-refractivity contribution in [2.45, 2.75) is 0 Å². The number of nitrogens with zero attached hydrogens (tertiary/aromatic N) is 3. The Hall–Kier alpha value is -1.52. The summed E-state index contributed by atoms with van der Waals surface area (Å²) in [5, 5.41) is 3.91. The zero-order chi connectivity index (χ0) is 9.84. The molecule has 1 aromatic rings. The molecule has 0 aromatic carbocycles. The largest absolute Gasteiger partial charge is 0.480 e. The molecule has 0 aliphatic heterocycles. The second-order valence-corrected chi connectivity index (χ2v) is 2.93. The van der Waals surface area contributed by atoms with Gasteiger partial charge in [-0.3, -0.25) is 9.48 Å². The summed E-state index contributed by atoms with van der Waals surface area (Å²) in [6.07, 6.45) is 3.28. The molecule has 0 aliphatic carbocycles. The van der Waals surface area contributed by atoms with Gasteiger partial charge in [-0.25, -0.2) is 0 Å². The number of carbonyl (C=O) groups is 1. The van der Waals surface area contributed by atoms with E-state index in [2.05, 4.69) is 5.10 Å². The van der Waals surface area contributed by atoms with Gasteiger partial charge in [0.15, 0.2) is 12.4 Å². The molecule has 1 heterocycles. The average molecular weight is 183 g/mol. The Balaban J connectivity index is 2.39. The minimum Gasteiger partial charge on any atom is -0.480 e. The summed E-state index contributed by atoms with van der Waals surface area (Å²) in [5.41, 5.74) is 0. The van der Waals surface area contributed by atoms with Crippen molar-refractivity contribution in [3.63, 3.8) is 0 Å². The minimum atomic E-state index is -0.0659. The quantitative estimate of drug-likeness (QED) is 0.656. The molecular formula is C8H13N3O2. The van der Waals surface area contributed by atoms with Crippen LogP contribution in [0.5, 0.6) is 5.75 Å². The van der Waals surface area contributed by atoms with E-state index in [4.69, 9.17) is 4.74 Å². The summed E-state index contributed by atoms with van der Waals surface area (Å²) in [4.78, 5) is 12.6. The molecule has 1 rings (SSSR count). The predicted molar refractivity (Wildman–Crippen MR) is 47.4 cm³/mol. The highest BCUT2D eigenvalue weighted by Gasteiger charge is 2.05. The Kier molecular flexibility index (Phi) is 2.89. The van der Waals surface area contributed by atoms with Crippen molar-refractivity contribution in [2.24, 2.45) is 7.05 Å². The van der Waals surface area contributed by atoms with E-state index in [1.807, 2.05) is 0 Å². The van der Waals surface area contributed by atoms with Gasteiger partial charge in [0, 0.05) is 21.1 Å². The highest BCUT2D eigenvalue weighted by atomic mass is 16.5. The number of carbonyl (C=O) groups excluding carboxylic acids is 1. The highest BCUT2D eigenvalue weighted by Crippen LogP contribution is 2.06. The van der Waals surface area contributed by atoms with E-state index < -0.39 is 0 Å². The van der Waals surface area contributed by atoms with E-state index in [1.54, 1.807) is 38.2 Å². The maximum atomic E-state index is 11.1. The molecule has 0 spiro atoms. The topological polar surface area (TPSA) is 47.4 Å². The maximum Gasteiger partial charge on any atom is 0.259 e. The van der Waals surface area contributed by atoms with Gasteiger partial charge < -0.3 is 9.64 Å². The third kappa shape index (κ3) is 2.77. The number of rotatable bonds is 3. The van der Waals surface area contributed by atoms with Crippen LogP contribution in [-0.2, 0) is 11.8 Å². The fraction of sp³-hybridized carbons (Fsp3) is 0.500. The summed E-state index contributed by atoms with van der Waals surface area (Å²) in [5.74, 6) is 0.543. The van der Waals surface area contributed by atoms with Gasteiger partial charge in [0.25, 0.3) is 5.91 Å². The van der Waals surface area contributed by atoms with Crippen molar-refractivity contribution in [1.29, 1.82) is 0 Å². The van der Waals surface area contributed by atoms with Crippen LogP contribution in [0.4, 0.5) is 0 Å². The molecule has 0 aliphatic rings. The first-order valence-corrected chi connectivity index (χ1v) is 3.91. The van der Waals surface area contributed by atoms with Gasteiger partial charge in [-0.15, -0.1) is 0 Å². The molecule has 0 radical (unpaired) electrons. The molecule has 1 aromatic heterocycles. The molecule has 0 bridgehead atoms. The van der Waals surface area contributed by atoms with Gasteiger partial charge in [-0.05, 0) is 0 Å². The smallest absolute Gasteiger partial charge is 0.259 e. The number of likely N-dealkylation sites (N-methyl/N-ethyl adjacent to an activating group) is 1. The van der Waals surface area contributed by atoms with E-state index in [9.17, 15) is 4.79 Å². The van der Waals surface area contributed by atoms with Crippen molar-refractivity contribution >= 4 is 5.91 Å². The fourth-order valence-corrected chi connectivity index (χ4v) is 0.747. The van der Waals surface area contributed by atoms with Crippen molar-refractivity contribution in [3.05, 3.63) is 12.4 Å². The SMILES string of the molecule is CN(C)C(=O)COc1cnn(C)c1. The van der Waals surface area contributed by atoms with Gasteiger partial charge in [0.2, 0.25) is 0 Å². The number of amides is 1. The van der Waals surface area contributed by atoms with Crippen LogP contribution >= 0.6 is 0 Å². The Labute approximate surface area is 76.9 Å². The zero-order valence-corrected chi connectivity index (χ0v) is 8.02. The van der Waals surface area contributed by atoms with Gasteiger partial charge in [0.1, 0.15) is 0 Å². The third-order valence-electron chi connectivity index (χ3n) is 1.54. The Morgan fingerprint density at radius 1 is 1.69 bits per heavy atom. The van der Waals surface area contributed by atoms with Crippen LogP contribution in [0.3, 0.4) is 0 Å². The molecule has 72 valence electrons. The molecular weight excluding hydrogens is 170 g/mol. The van der Waals surface area contributed by atoms with Crippen LogP contribution in [-0.4, -0.2) is 41.3 Å². The fourth-order valence-electron chi connectivity index (χ4n) is 0.747. The van der Waals surface area contributed by atoms with Crippen LogP contribution in [0.2, 0.25) is 0 Å². The summed E-state index contributed by atoms with van der Waals surface area (Å²) in [7, 11) is 5.17. The lowest BCUT2D eigenvalue weighted by Crippen LogP contribution is -2.27. The Bertz CT molecular complexity index is 293. The van der Waals surface area contributed by atoms with E-state index in [0.29, 0.717) is 5.75 Å². The van der Waals surface area contributed by atoms with Crippen molar-refractivity contribution < 1.29 is 9.53 Å². The van der Waals surface area contributed by atoms with E-state index in [0.717, 1.165) is 0 Å². The highest BCUT2D eigenvalue weighted by molar-refractivity contribution is 5.77. The van der Waals surface area contributed by atoms with Crippen LogP contribution < -0.4 is 4.74 Å². The molecule has 0 saturated carbocycles.